The maximum Gasteiger partial charge on any atom is 0.240 e. The highest BCUT2D eigenvalue weighted by molar-refractivity contribution is 7.89. The largest absolute Gasteiger partial charge is 0.490 e. The van der Waals surface area contributed by atoms with Crippen LogP contribution in [0.25, 0.3) is 0 Å². The molecule has 4 aromatic carbocycles. The topological polar surface area (TPSA) is 120 Å². The first kappa shape index (κ1) is 30.3. The standard InChI is InChI=1S/C34H36N4O6S/c1-4-41-28-14-11-23(18-30(28)42-5-2)16-17-35-45(39,40)32-19-24(12-10-22(32)3)33-26-8-6-7-9-27(26)34(38-37-33)36-25-13-15-29-31(20-25)44-21-43-29/h6-15,18-20,34-36,38H,4-5,16-17,21H2,1-3H3. The van der Waals surface area contributed by atoms with Crippen LogP contribution >= 0.6 is 0 Å². The molecule has 45 heavy (non-hydrogen) atoms. The molecule has 4 aromatic rings. The van der Waals surface area contributed by atoms with Gasteiger partial charge in [0.15, 0.2) is 23.0 Å². The van der Waals surface area contributed by atoms with Gasteiger partial charge in [0.05, 0.1) is 23.8 Å². The second kappa shape index (κ2) is 13.1. The fourth-order valence-electron chi connectivity index (χ4n) is 5.40. The third-order valence-corrected chi connectivity index (χ3v) is 9.18. The lowest BCUT2D eigenvalue weighted by Crippen LogP contribution is -2.32. The van der Waals surface area contributed by atoms with E-state index in [1.54, 1.807) is 13.0 Å². The second-order valence-corrected chi connectivity index (χ2v) is 12.3. The van der Waals surface area contributed by atoms with Crippen molar-refractivity contribution in [3.8, 4) is 23.0 Å². The molecule has 0 aromatic heterocycles. The number of hydrogen-bond acceptors (Lipinski definition) is 9. The van der Waals surface area contributed by atoms with Crippen LogP contribution in [-0.2, 0) is 16.4 Å². The number of hydrazone groups is 1. The Hall–Kier alpha value is -4.74. The maximum absolute atomic E-state index is 13.5. The smallest absolute Gasteiger partial charge is 0.240 e. The summed E-state index contributed by atoms with van der Waals surface area (Å²) in [4.78, 5) is 0.211. The molecule has 0 radical (unpaired) electrons. The highest BCUT2D eigenvalue weighted by Crippen LogP contribution is 2.36. The number of sulfonamides is 1. The molecule has 0 spiro atoms. The molecule has 234 valence electrons. The summed E-state index contributed by atoms with van der Waals surface area (Å²) in [6.45, 7) is 7.10. The molecule has 2 aliphatic rings. The number of nitrogens with zero attached hydrogens (tertiary/aromatic N) is 1. The molecule has 1 atom stereocenters. The van der Waals surface area contributed by atoms with E-state index in [-0.39, 0.29) is 24.4 Å². The molecular weight excluding hydrogens is 592 g/mol. The summed E-state index contributed by atoms with van der Waals surface area (Å²) in [5, 5.41) is 8.17. The van der Waals surface area contributed by atoms with Crippen molar-refractivity contribution in [3.63, 3.8) is 0 Å². The molecule has 0 aliphatic carbocycles. The van der Waals surface area contributed by atoms with Gasteiger partial charge < -0.3 is 24.3 Å². The molecule has 3 N–H and O–H groups in total. The Balaban J connectivity index is 1.19. The number of hydrogen-bond donors (Lipinski definition) is 3. The molecule has 2 aliphatic heterocycles. The monoisotopic (exact) mass is 628 g/mol. The summed E-state index contributed by atoms with van der Waals surface area (Å²) < 4.78 is 52.1. The molecule has 2 heterocycles. The van der Waals surface area contributed by atoms with Gasteiger partial charge in [-0.1, -0.05) is 42.5 Å². The normalized spacial score (nSPS) is 15.1. The first-order valence-corrected chi connectivity index (χ1v) is 16.4. The van der Waals surface area contributed by atoms with Crippen LogP contribution in [0.5, 0.6) is 23.0 Å². The van der Waals surface area contributed by atoms with Gasteiger partial charge in [-0.2, -0.15) is 5.10 Å². The van der Waals surface area contributed by atoms with Crippen LogP contribution in [-0.4, -0.2) is 40.7 Å². The zero-order chi connectivity index (χ0) is 31.4. The molecular formula is C34H36N4O6S. The van der Waals surface area contributed by atoms with Gasteiger partial charge in [-0.25, -0.2) is 13.1 Å². The van der Waals surface area contributed by atoms with Crippen molar-refractivity contribution in [1.82, 2.24) is 10.1 Å². The van der Waals surface area contributed by atoms with Gasteiger partial charge in [-0.15, -0.1) is 0 Å². The van der Waals surface area contributed by atoms with Crippen LogP contribution in [0.1, 0.15) is 47.8 Å². The number of aryl methyl sites for hydroxylation is 1. The van der Waals surface area contributed by atoms with E-state index in [1.165, 1.54) is 0 Å². The summed E-state index contributed by atoms with van der Waals surface area (Å²) >= 11 is 0. The Kier molecular flexibility index (Phi) is 8.81. The first-order chi connectivity index (χ1) is 21.9. The van der Waals surface area contributed by atoms with E-state index < -0.39 is 10.0 Å². The highest BCUT2D eigenvalue weighted by atomic mass is 32.2. The van der Waals surface area contributed by atoms with Gasteiger partial charge in [0.25, 0.3) is 0 Å². The van der Waals surface area contributed by atoms with E-state index in [0.29, 0.717) is 59.5 Å². The molecule has 0 amide bonds. The highest BCUT2D eigenvalue weighted by Gasteiger charge is 2.26. The Morgan fingerprint density at radius 3 is 2.56 bits per heavy atom. The zero-order valence-electron chi connectivity index (χ0n) is 25.4. The van der Waals surface area contributed by atoms with Crippen molar-refractivity contribution in [1.29, 1.82) is 0 Å². The molecule has 10 nitrogen and oxygen atoms in total. The lowest BCUT2D eigenvalue weighted by atomic mass is 9.94. The average molecular weight is 629 g/mol. The van der Waals surface area contributed by atoms with E-state index in [9.17, 15) is 8.42 Å². The lowest BCUT2D eigenvalue weighted by Gasteiger charge is -2.28. The van der Waals surface area contributed by atoms with Crippen molar-refractivity contribution < 1.29 is 27.4 Å². The van der Waals surface area contributed by atoms with Gasteiger partial charge in [-0.05, 0) is 68.7 Å². The van der Waals surface area contributed by atoms with E-state index in [4.69, 9.17) is 24.0 Å². The zero-order valence-corrected chi connectivity index (χ0v) is 26.2. The number of nitrogens with one attached hydrogen (secondary N) is 3. The van der Waals surface area contributed by atoms with Crippen LogP contribution in [0.15, 0.2) is 88.9 Å². The van der Waals surface area contributed by atoms with Gasteiger partial charge in [0.1, 0.15) is 6.17 Å². The van der Waals surface area contributed by atoms with Crippen LogP contribution < -0.4 is 34.4 Å². The molecule has 0 saturated heterocycles. The van der Waals surface area contributed by atoms with Crippen molar-refractivity contribution in [2.24, 2.45) is 5.10 Å². The van der Waals surface area contributed by atoms with Crippen molar-refractivity contribution in [2.45, 2.75) is 38.3 Å². The molecule has 11 heteroatoms. The summed E-state index contributed by atoms with van der Waals surface area (Å²) in [6, 6.07) is 24.7. The summed E-state index contributed by atoms with van der Waals surface area (Å²) in [5.74, 6) is 2.72. The number of ether oxygens (including phenoxy) is 4. The SMILES string of the molecule is CCOc1ccc(CCNS(=O)(=O)c2cc(C3=NNC(Nc4ccc5c(c4)OCO5)c4ccccc43)ccc2C)cc1OCC. The number of fused-ring (bicyclic) bond motifs is 2. The van der Waals surface area contributed by atoms with Gasteiger partial charge in [-0.3, -0.25) is 5.43 Å². The number of benzene rings is 4. The van der Waals surface area contributed by atoms with Gasteiger partial charge >= 0.3 is 0 Å². The van der Waals surface area contributed by atoms with Crippen molar-refractivity contribution >= 4 is 21.4 Å². The first-order valence-electron chi connectivity index (χ1n) is 14.9. The molecule has 1 unspecified atom stereocenters. The Morgan fingerprint density at radius 2 is 1.71 bits per heavy atom. The Labute approximate surface area is 263 Å². The second-order valence-electron chi connectivity index (χ2n) is 10.6. The van der Waals surface area contributed by atoms with Crippen LogP contribution in [0.2, 0.25) is 0 Å². The summed E-state index contributed by atoms with van der Waals surface area (Å²) in [5.41, 5.74) is 8.87. The molecule has 6 rings (SSSR count). The molecule has 0 bridgehead atoms. The predicted molar refractivity (Wildman–Crippen MR) is 173 cm³/mol. The average Bonchev–Trinajstić information content (AvgIpc) is 3.51. The van der Waals surface area contributed by atoms with E-state index in [0.717, 1.165) is 22.4 Å². The third kappa shape index (κ3) is 6.54. The number of rotatable bonds is 12. The fraction of sp³-hybridized carbons (Fsp3) is 0.265. The fourth-order valence-corrected chi connectivity index (χ4v) is 6.70. The Bertz CT molecular complexity index is 1840. The van der Waals surface area contributed by atoms with Crippen LogP contribution in [0, 0.1) is 6.92 Å². The molecule has 0 saturated carbocycles. The van der Waals surface area contributed by atoms with Crippen LogP contribution in [0.3, 0.4) is 0 Å². The minimum absolute atomic E-state index is 0.207. The quantitative estimate of drug-likeness (QED) is 0.188. The maximum atomic E-state index is 13.5. The summed E-state index contributed by atoms with van der Waals surface area (Å²) in [6.07, 6.45) is 0.179. The Morgan fingerprint density at radius 1 is 0.911 bits per heavy atom. The van der Waals surface area contributed by atoms with E-state index >= 15 is 0 Å². The van der Waals surface area contributed by atoms with Crippen molar-refractivity contribution in [3.05, 3.63) is 107 Å². The predicted octanol–water partition coefficient (Wildman–Crippen LogP) is 5.51. The lowest BCUT2D eigenvalue weighted by molar-refractivity contribution is 0.174. The van der Waals surface area contributed by atoms with Gasteiger partial charge in [0.2, 0.25) is 16.8 Å². The third-order valence-electron chi connectivity index (χ3n) is 7.58. The van der Waals surface area contributed by atoms with E-state index in [2.05, 4.69) is 15.5 Å². The molecule has 0 fully saturated rings. The van der Waals surface area contributed by atoms with Crippen LogP contribution in [0.4, 0.5) is 5.69 Å². The van der Waals surface area contributed by atoms with E-state index in [1.807, 2.05) is 86.6 Å². The minimum Gasteiger partial charge on any atom is -0.490 e. The van der Waals surface area contributed by atoms with Crippen molar-refractivity contribution in [2.75, 3.05) is 31.9 Å². The minimum atomic E-state index is -3.81. The number of anilines is 1. The summed E-state index contributed by atoms with van der Waals surface area (Å²) in [7, 11) is -3.81. The van der Waals surface area contributed by atoms with Gasteiger partial charge in [0, 0.05) is 35.0 Å².